The van der Waals surface area contributed by atoms with Crippen LogP contribution in [0, 0.1) is 0 Å². The summed E-state index contributed by atoms with van der Waals surface area (Å²) in [4.78, 5) is 32.1. The number of carbonyl (C=O) groups is 2. The minimum Gasteiger partial charge on any atom is -0.340 e. The zero-order valence-corrected chi connectivity index (χ0v) is 19.1. The van der Waals surface area contributed by atoms with Crippen molar-refractivity contribution in [3.05, 3.63) is 70.2 Å². The lowest BCUT2D eigenvalue weighted by atomic mass is 9.89. The van der Waals surface area contributed by atoms with Crippen molar-refractivity contribution in [1.29, 1.82) is 0 Å². The molecule has 2 amide bonds. The van der Waals surface area contributed by atoms with Crippen molar-refractivity contribution in [3.63, 3.8) is 0 Å². The molecule has 32 heavy (non-hydrogen) atoms. The molecule has 0 aromatic heterocycles. The normalized spacial score (nSPS) is 22.3. The number of rotatable bonds is 4. The Labute approximate surface area is 194 Å². The van der Waals surface area contributed by atoms with Crippen LogP contribution in [0.2, 0.25) is 5.02 Å². The van der Waals surface area contributed by atoms with Crippen LogP contribution in [-0.2, 0) is 11.2 Å². The minimum atomic E-state index is -0.0826. The number of likely N-dealkylation sites (tertiary alicyclic amines) is 2. The number of nitrogens with zero attached hydrogens (tertiary/aromatic N) is 3. The summed E-state index contributed by atoms with van der Waals surface area (Å²) in [5.41, 5.74) is 3.10. The molecule has 2 aromatic carbocycles. The van der Waals surface area contributed by atoms with Gasteiger partial charge in [-0.2, -0.15) is 0 Å². The molecule has 0 spiro atoms. The van der Waals surface area contributed by atoms with Crippen LogP contribution in [0.1, 0.15) is 46.7 Å². The molecule has 2 saturated heterocycles. The smallest absolute Gasteiger partial charge is 0.254 e. The summed E-state index contributed by atoms with van der Waals surface area (Å²) in [6.45, 7) is 4.49. The topological polar surface area (TPSA) is 43.9 Å². The Balaban J connectivity index is 1.13. The lowest BCUT2D eigenvalue weighted by molar-refractivity contribution is -0.131. The average molecular weight is 452 g/mol. The molecule has 0 radical (unpaired) electrons. The molecule has 1 atom stereocenters. The summed E-state index contributed by atoms with van der Waals surface area (Å²) in [6, 6.07) is 16.7. The number of piperidine rings is 1. The van der Waals surface area contributed by atoms with Gasteiger partial charge in [0.1, 0.15) is 6.54 Å². The highest BCUT2D eigenvalue weighted by molar-refractivity contribution is 6.31. The van der Waals surface area contributed by atoms with Crippen molar-refractivity contribution in [2.24, 2.45) is 0 Å². The van der Waals surface area contributed by atoms with E-state index in [1.54, 1.807) is 11.0 Å². The third-order valence-electron chi connectivity index (χ3n) is 7.40. The van der Waals surface area contributed by atoms with E-state index in [0.29, 0.717) is 29.1 Å². The first kappa shape index (κ1) is 21.5. The van der Waals surface area contributed by atoms with Crippen LogP contribution < -0.4 is 0 Å². The highest BCUT2D eigenvalue weighted by Gasteiger charge is 2.34. The summed E-state index contributed by atoms with van der Waals surface area (Å²) in [7, 11) is 0. The van der Waals surface area contributed by atoms with Gasteiger partial charge in [-0.05, 0) is 68.0 Å². The first-order chi connectivity index (χ1) is 15.6. The van der Waals surface area contributed by atoms with E-state index in [0.717, 1.165) is 44.6 Å². The maximum absolute atomic E-state index is 13.0. The molecule has 3 aliphatic heterocycles. The number of carbonyl (C=O) groups excluding carboxylic acids is 2. The number of fused-ring (bicyclic) bond motifs is 1. The Morgan fingerprint density at radius 1 is 0.969 bits per heavy atom. The molecule has 5 rings (SSSR count). The summed E-state index contributed by atoms with van der Waals surface area (Å²) in [6.07, 6.45) is 4.15. The Hall–Kier alpha value is -2.37. The Bertz CT molecular complexity index is 988. The Morgan fingerprint density at radius 2 is 1.75 bits per heavy atom. The zero-order chi connectivity index (χ0) is 22.1. The van der Waals surface area contributed by atoms with Crippen molar-refractivity contribution in [2.45, 2.75) is 37.6 Å². The van der Waals surface area contributed by atoms with Gasteiger partial charge < -0.3 is 9.80 Å². The highest BCUT2D eigenvalue weighted by Crippen LogP contribution is 2.30. The molecule has 0 aliphatic carbocycles. The molecule has 0 saturated carbocycles. The quantitative estimate of drug-likeness (QED) is 0.709. The number of benzene rings is 2. The van der Waals surface area contributed by atoms with Gasteiger partial charge in [0.15, 0.2) is 0 Å². The first-order valence-electron chi connectivity index (χ1n) is 11.7. The Morgan fingerprint density at radius 3 is 2.53 bits per heavy atom. The van der Waals surface area contributed by atoms with E-state index < -0.39 is 0 Å². The Kier molecular flexibility index (Phi) is 6.20. The van der Waals surface area contributed by atoms with Crippen LogP contribution in [0.25, 0.3) is 0 Å². The van der Waals surface area contributed by atoms with Crippen LogP contribution >= 0.6 is 11.6 Å². The van der Waals surface area contributed by atoms with Gasteiger partial charge >= 0.3 is 0 Å². The minimum absolute atomic E-state index is 0.0606. The van der Waals surface area contributed by atoms with Gasteiger partial charge in [0.25, 0.3) is 5.91 Å². The van der Waals surface area contributed by atoms with Gasteiger partial charge in [-0.25, -0.2) is 0 Å². The lowest BCUT2D eigenvalue weighted by Crippen LogP contribution is -2.47. The molecule has 6 heteroatoms. The zero-order valence-electron chi connectivity index (χ0n) is 18.4. The predicted molar refractivity (Wildman–Crippen MR) is 126 cm³/mol. The van der Waals surface area contributed by atoms with Crippen LogP contribution in [0.3, 0.4) is 0 Å². The van der Waals surface area contributed by atoms with Gasteiger partial charge in [-0.3, -0.25) is 14.5 Å². The lowest BCUT2D eigenvalue weighted by Gasteiger charge is -2.36. The first-order valence-corrected chi connectivity index (χ1v) is 12.1. The number of halogens is 1. The van der Waals surface area contributed by atoms with Crippen LogP contribution in [0.4, 0.5) is 0 Å². The molecule has 3 heterocycles. The second-order valence-corrected chi connectivity index (χ2v) is 9.72. The average Bonchev–Trinajstić information content (AvgIpc) is 3.32. The van der Waals surface area contributed by atoms with E-state index in [-0.39, 0.29) is 18.4 Å². The second-order valence-electron chi connectivity index (χ2n) is 9.28. The van der Waals surface area contributed by atoms with E-state index in [2.05, 4.69) is 35.2 Å². The molecule has 168 valence electrons. The van der Waals surface area contributed by atoms with Gasteiger partial charge in [-0.1, -0.05) is 48.0 Å². The van der Waals surface area contributed by atoms with E-state index in [1.165, 1.54) is 18.4 Å². The SMILES string of the molecule is O=C(CN1CCc2ccc(Cl)cc2C1=O)N1CCC(N2CCC(c3ccccc3)CC2)C1. The molecule has 3 aliphatic rings. The molecule has 2 fully saturated rings. The van der Waals surface area contributed by atoms with Crippen molar-refractivity contribution in [3.8, 4) is 0 Å². The molecular formula is C26H30ClN3O2. The highest BCUT2D eigenvalue weighted by atomic mass is 35.5. The van der Waals surface area contributed by atoms with Crippen molar-refractivity contribution in [2.75, 3.05) is 39.3 Å². The largest absolute Gasteiger partial charge is 0.340 e. The van der Waals surface area contributed by atoms with Gasteiger partial charge in [0.2, 0.25) is 5.91 Å². The summed E-state index contributed by atoms with van der Waals surface area (Å²) < 4.78 is 0. The number of amides is 2. The van der Waals surface area contributed by atoms with E-state index in [9.17, 15) is 9.59 Å². The van der Waals surface area contributed by atoms with Crippen LogP contribution in [0.5, 0.6) is 0 Å². The number of hydrogen-bond acceptors (Lipinski definition) is 3. The van der Waals surface area contributed by atoms with Crippen molar-refractivity contribution >= 4 is 23.4 Å². The van der Waals surface area contributed by atoms with Crippen LogP contribution in [-0.4, -0.2) is 71.8 Å². The maximum atomic E-state index is 13.0. The standard InChI is InChI=1S/C26H30ClN3O2/c27-22-7-6-21-10-14-30(26(32)24(21)16-22)18-25(31)29-15-11-23(17-29)28-12-8-20(9-13-28)19-4-2-1-3-5-19/h1-7,16,20,23H,8-15,17-18H2. The van der Waals surface area contributed by atoms with Gasteiger partial charge in [0.05, 0.1) is 0 Å². The fourth-order valence-electron chi connectivity index (χ4n) is 5.50. The molecular weight excluding hydrogens is 422 g/mol. The second kappa shape index (κ2) is 9.24. The van der Waals surface area contributed by atoms with Crippen molar-refractivity contribution < 1.29 is 9.59 Å². The monoisotopic (exact) mass is 451 g/mol. The van der Waals surface area contributed by atoms with E-state index in [1.807, 2.05) is 17.0 Å². The fraction of sp³-hybridized carbons (Fsp3) is 0.462. The molecule has 0 N–H and O–H groups in total. The summed E-state index contributed by atoms with van der Waals surface area (Å²) in [5, 5.41) is 0.559. The molecule has 2 aromatic rings. The molecule has 0 bridgehead atoms. The summed E-state index contributed by atoms with van der Waals surface area (Å²) >= 11 is 6.08. The molecule has 1 unspecified atom stereocenters. The fourth-order valence-corrected chi connectivity index (χ4v) is 5.67. The van der Waals surface area contributed by atoms with Crippen molar-refractivity contribution in [1.82, 2.24) is 14.7 Å². The predicted octanol–water partition coefficient (Wildman–Crippen LogP) is 3.82. The third-order valence-corrected chi connectivity index (χ3v) is 7.63. The van der Waals surface area contributed by atoms with Gasteiger partial charge in [0, 0.05) is 36.3 Å². The van der Waals surface area contributed by atoms with Crippen LogP contribution in [0.15, 0.2) is 48.5 Å². The van der Waals surface area contributed by atoms with E-state index >= 15 is 0 Å². The van der Waals surface area contributed by atoms with E-state index in [4.69, 9.17) is 11.6 Å². The van der Waals surface area contributed by atoms with Gasteiger partial charge in [-0.15, -0.1) is 0 Å². The number of hydrogen-bond donors (Lipinski definition) is 0. The molecule has 5 nitrogen and oxygen atoms in total. The summed E-state index contributed by atoms with van der Waals surface area (Å²) in [5.74, 6) is 0.624. The maximum Gasteiger partial charge on any atom is 0.254 e. The third kappa shape index (κ3) is 4.41.